The Balaban J connectivity index is 2.01. The van der Waals surface area contributed by atoms with Gasteiger partial charge in [-0.15, -0.1) is 0 Å². The van der Waals surface area contributed by atoms with Crippen molar-refractivity contribution in [3.63, 3.8) is 0 Å². The molecule has 2 aromatic rings. The van der Waals surface area contributed by atoms with Gasteiger partial charge in [0.2, 0.25) is 0 Å². The highest BCUT2D eigenvalue weighted by Crippen LogP contribution is 2.21. The maximum Gasteiger partial charge on any atom is 0.344 e. The average Bonchev–Trinajstić information content (AvgIpc) is 2.47. The van der Waals surface area contributed by atoms with E-state index in [0.29, 0.717) is 12.2 Å². The molecule has 2 aromatic carbocycles. The third-order valence-corrected chi connectivity index (χ3v) is 2.84. The van der Waals surface area contributed by atoms with E-state index in [1.807, 2.05) is 42.5 Å². The lowest BCUT2D eigenvalue weighted by molar-refractivity contribution is -0.145. The number of aliphatic carboxylic acids is 1. The summed E-state index contributed by atoms with van der Waals surface area (Å²) in [6.07, 6.45) is -0.373. The van der Waals surface area contributed by atoms with Gasteiger partial charge in [0, 0.05) is 11.4 Å². The van der Waals surface area contributed by atoms with Crippen molar-refractivity contribution in [1.82, 2.24) is 0 Å². The molecule has 0 spiro atoms. The second-order valence-corrected chi connectivity index (χ2v) is 4.37. The van der Waals surface area contributed by atoms with E-state index in [1.54, 1.807) is 19.1 Å². The number of hydrogen-bond acceptors (Lipinski definition) is 3. The second kappa shape index (κ2) is 6.61. The Labute approximate surface area is 118 Å². The van der Waals surface area contributed by atoms with Crippen LogP contribution in [0.25, 0.3) is 0 Å². The van der Waals surface area contributed by atoms with Crippen LogP contribution in [0.1, 0.15) is 13.3 Å². The van der Waals surface area contributed by atoms with Gasteiger partial charge >= 0.3 is 5.97 Å². The number of carboxylic acids is 1. The molecule has 104 valence electrons. The highest BCUT2D eigenvalue weighted by Gasteiger charge is 2.16. The third kappa shape index (κ3) is 3.75. The molecule has 0 aromatic heterocycles. The molecule has 1 unspecified atom stereocenters. The summed E-state index contributed by atoms with van der Waals surface area (Å²) in [5.41, 5.74) is 1.92. The first-order valence-electron chi connectivity index (χ1n) is 6.50. The van der Waals surface area contributed by atoms with Crippen LogP contribution < -0.4 is 10.1 Å². The lowest BCUT2D eigenvalue weighted by atomic mass is 10.2. The number of para-hydroxylation sites is 1. The molecule has 4 heteroatoms. The number of anilines is 2. The van der Waals surface area contributed by atoms with Gasteiger partial charge in [0.15, 0.2) is 6.10 Å². The molecular weight excluding hydrogens is 254 g/mol. The highest BCUT2D eigenvalue weighted by molar-refractivity contribution is 5.72. The fraction of sp³-hybridized carbons (Fsp3) is 0.188. The lowest BCUT2D eigenvalue weighted by Gasteiger charge is -2.13. The van der Waals surface area contributed by atoms with E-state index >= 15 is 0 Å². The molecule has 0 saturated heterocycles. The van der Waals surface area contributed by atoms with E-state index in [0.717, 1.165) is 11.4 Å². The Morgan fingerprint density at radius 2 is 1.70 bits per heavy atom. The normalized spacial score (nSPS) is 11.7. The zero-order valence-corrected chi connectivity index (χ0v) is 11.2. The van der Waals surface area contributed by atoms with Gasteiger partial charge in [0.1, 0.15) is 5.75 Å². The molecule has 0 heterocycles. The van der Waals surface area contributed by atoms with E-state index in [-0.39, 0.29) is 0 Å². The quantitative estimate of drug-likeness (QED) is 0.841. The molecule has 20 heavy (non-hydrogen) atoms. The molecule has 2 N–H and O–H groups in total. The van der Waals surface area contributed by atoms with Crippen LogP contribution in [0.4, 0.5) is 11.4 Å². The van der Waals surface area contributed by atoms with Crippen LogP contribution in [0, 0.1) is 0 Å². The first-order chi connectivity index (χ1) is 9.69. The fourth-order valence-corrected chi connectivity index (χ4v) is 1.78. The molecule has 4 nitrogen and oxygen atoms in total. The Morgan fingerprint density at radius 3 is 2.25 bits per heavy atom. The third-order valence-electron chi connectivity index (χ3n) is 2.84. The van der Waals surface area contributed by atoms with Gasteiger partial charge < -0.3 is 15.2 Å². The van der Waals surface area contributed by atoms with Crippen molar-refractivity contribution >= 4 is 17.3 Å². The van der Waals surface area contributed by atoms with Crippen molar-refractivity contribution in [3.05, 3.63) is 54.6 Å². The maximum atomic E-state index is 10.9. The maximum absolute atomic E-state index is 10.9. The molecule has 0 aliphatic heterocycles. The molecule has 0 fully saturated rings. The van der Waals surface area contributed by atoms with Crippen molar-refractivity contribution in [2.75, 3.05) is 5.32 Å². The second-order valence-electron chi connectivity index (χ2n) is 4.37. The molecule has 0 radical (unpaired) electrons. The Morgan fingerprint density at radius 1 is 1.10 bits per heavy atom. The molecule has 0 aliphatic carbocycles. The van der Waals surface area contributed by atoms with Gasteiger partial charge in [-0.25, -0.2) is 4.79 Å². The molecule has 0 bridgehead atoms. The summed E-state index contributed by atoms with van der Waals surface area (Å²) in [7, 11) is 0. The minimum Gasteiger partial charge on any atom is -0.479 e. The summed E-state index contributed by atoms with van der Waals surface area (Å²) in [4.78, 5) is 10.9. The van der Waals surface area contributed by atoms with Crippen LogP contribution in [0.5, 0.6) is 5.75 Å². The molecule has 0 aliphatic rings. The molecule has 0 amide bonds. The van der Waals surface area contributed by atoms with Gasteiger partial charge in [0.25, 0.3) is 0 Å². The lowest BCUT2D eigenvalue weighted by Crippen LogP contribution is -2.25. The molecule has 2 rings (SSSR count). The van der Waals surface area contributed by atoms with Gasteiger partial charge in [0.05, 0.1) is 0 Å². The standard InChI is InChI=1S/C16H17NO3/c1-2-15(16(18)19)20-14-10-8-13(9-11-14)17-12-6-4-3-5-7-12/h3-11,15,17H,2H2,1H3,(H,18,19). The van der Waals surface area contributed by atoms with Gasteiger partial charge in [-0.3, -0.25) is 0 Å². The van der Waals surface area contributed by atoms with Crippen molar-refractivity contribution in [3.8, 4) is 5.75 Å². The first-order valence-corrected chi connectivity index (χ1v) is 6.50. The minimum atomic E-state index is -0.945. The fourth-order valence-electron chi connectivity index (χ4n) is 1.78. The van der Waals surface area contributed by atoms with Crippen LogP contribution >= 0.6 is 0 Å². The molecule has 1 atom stereocenters. The zero-order valence-electron chi connectivity index (χ0n) is 11.2. The number of carboxylic acid groups (broad SMARTS) is 1. The van der Waals surface area contributed by atoms with E-state index in [1.165, 1.54) is 0 Å². The van der Waals surface area contributed by atoms with E-state index in [4.69, 9.17) is 9.84 Å². The molecular formula is C16H17NO3. The number of carbonyl (C=O) groups is 1. The van der Waals surface area contributed by atoms with Crippen molar-refractivity contribution in [2.45, 2.75) is 19.4 Å². The number of rotatable bonds is 6. The SMILES string of the molecule is CCC(Oc1ccc(Nc2ccccc2)cc1)C(=O)O. The largest absolute Gasteiger partial charge is 0.479 e. The first kappa shape index (κ1) is 13.9. The number of nitrogens with one attached hydrogen (secondary N) is 1. The van der Waals surface area contributed by atoms with Crippen LogP contribution in [-0.2, 0) is 4.79 Å². The van der Waals surface area contributed by atoms with Crippen LogP contribution in [-0.4, -0.2) is 17.2 Å². The Hall–Kier alpha value is -2.49. The van der Waals surface area contributed by atoms with E-state index < -0.39 is 12.1 Å². The smallest absolute Gasteiger partial charge is 0.344 e. The monoisotopic (exact) mass is 271 g/mol. The van der Waals surface area contributed by atoms with Crippen molar-refractivity contribution < 1.29 is 14.6 Å². The number of ether oxygens (including phenoxy) is 1. The van der Waals surface area contributed by atoms with Gasteiger partial charge in [-0.1, -0.05) is 25.1 Å². The van der Waals surface area contributed by atoms with Crippen LogP contribution in [0.2, 0.25) is 0 Å². The summed E-state index contributed by atoms with van der Waals surface area (Å²) in [5, 5.41) is 12.2. The van der Waals surface area contributed by atoms with Gasteiger partial charge in [-0.2, -0.15) is 0 Å². The average molecular weight is 271 g/mol. The number of hydrogen-bond donors (Lipinski definition) is 2. The Kier molecular flexibility index (Phi) is 4.60. The summed E-state index contributed by atoms with van der Waals surface area (Å²) >= 11 is 0. The summed E-state index contributed by atoms with van der Waals surface area (Å²) in [5.74, 6) is -0.392. The predicted molar refractivity (Wildman–Crippen MR) is 78.5 cm³/mol. The molecule has 0 saturated carbocycles. The van der Waals surface area contributed by atoms with Crippen molar-refractivity contribution in [2.24, 2.45) is 0 Å². The van der Waals surface area contributed by atoms with Crippen LogP contribution in [0.15, 0.2) is 54.6 Å². The summed E-state index contributed by atoms with van der Waals surface area (Å²) in [6.45, 7) is 1.78. The van der Waals surface area contributed by atoms with Crippen LogP contribution in [0.3, 0.4) is 0 Å². The van der Waals surface area contributed by atoms with Crippen molar-refractivity contribution in [1.29, 1.82) is 0 Å². The topological polar surface area (TPSA) is 58.6 Å². The Bertz CT molecular complexity index is 552. The summed E-state index contributed by atoms with van der Waals surface area (Å²) in [6, 6.07) is 17.1. The van der Waals surface area contributed by atoms with Gasteiger partial charge in [-0.05, 0) is 42.8 Å². The van der Waals surface area contributed by atoms with E-state index in [2.05, 4.69) is 5.32 Å². The van der Waals surface area contributed by atoms with E-state index in [9.17, 15) is 4.79 Å². The minimum absolute atomic E-state index is 0.430. The number of benzene rings is 2. The summed E-state index contributed by atoms with van der Waals surface area (Å²) < 4.78 is 5.40. The highest BCUT2D eigenvalue weighted by atomic mass is 16.5. The zero-order chi connectivity index (χ0) is 14.4. The predicted octanol–water partition coefficient (Wildman–Crippen LogP) is 3.67.